The van der Waals surface area contributed by atoms with Crippen molar-refractivity contribution in [1.82, 2.24) is 5.32 Å². The molecule has 2 spiro atoms. The molecule has 1 saturated heterocycles. The summed E-state index contributed by atoms with van der Waals surface area (Å²) in [6, 6.07) is 0. The lowest BCUT2D eigenvalue weighted by molar-refractivity contribution is 0.0660. The smallest absolute Gasteiger partial charge is 0.0239 e. The average molecular weight is 179 g/mol. The number of nitrogens with one attached hydrogen (secondary N) is 1. The van der Waals surface area contributed by atoms with Crippen LogP contribution < -0.4 is 5.32 Å². The molecule has 0 aromatic heterocycles. The van der Waals surface area contributed by atoms with E-state index in [0.717, 1.165) is 5.41 Å². The minimum atomic E-state index is 0.645. The summed E-state index contributed by atoms with van der Waals surface area (Å²) in [4.78, 5) is 0. The van der Waals surface area contributed by atoms with E-state index >= 15 is 0 Å². The van der Waals surface area contributed by atoms with E-state index in [1.807, 2.05) is 0 Å². The van der Waals surface area contributed by atoms with E-state index in [-0.39, 0.29) is 0 Å². The molecule has 2 saturated carbocycles. The maximum Gasteiger partial charge on any atom is 0.0239 e. The molecule has 0 unspecified atom stereocenters. The zero-order chi connectivity index (χ0) is 8.78. The molecule has 74 valence electrons. The van der Waals surface area contributed by atoms with Crippen LogP contribution in [0.4, 0.5) is 0 Å². The highest BCUT2D eigenvalue weighted by Gasteiger charge is 2.59. The molecule has 1 N–H and O–H groups in total. The molecule has 1 heterocycles. The molecule has 0 radical (unpaired) electrons. The van der Waals surface area contributed by atoms with Gasteiger partial charge in [-0.3, -0.25) is 0 Å². The second-order valence-electron chi connectivity index (χ2n) is 5.45. The molecule has 0 bridgehead atoms. The minimum absolute atomic E-state index is 0.645. The summed E-state index contributed by atoms with van der Waals surface area (Å²) in [5.41, 5.74) is 1.40. The summed E-state index contributed by atoms with van der Waals surface area (Å²) >= 11 is 0. The van der Waals surface area contributed by atoms with Crippen molar-refractivity contribution < 1.29 is 0 Å². The summed E-state index contributed by atoms with van der Waals surface area (Å²) in [5, 5.41) is 3.83. The molecule has 0 aromatic carbocycles. The largest absolute Gasteiger partial charge is 0.311 e. The third-order valence-electron chi connectivity index (χ3n) is 4.87. The van der Waals surface area contributed by atoms with Crippen LogP contribution in [0.1, 0.15) is 57.8 Å². The highest BCUT2D eigenvalue weighted by Crippen LogP contribution is 2.60. The second-order valence-corrected chi connectivity index (χ2v) is 5.45. The van der Waals surface area contributed by atoms with E-state index in [0.29, 0.717) is 5.54 Å². The normalized spacial score (nSPS) is 35.1. The third kappa shape index (κ3) is 1.09. The molecule has 0 aromatic rings. The number of fused-ring (bicyclic) bond motifs is 1. The van der Waals surface area contributed by atoms with E-state index in [1.165, 1.54) is 64.3 Å². The molecular weight excluding hydrogens is 158 g/mol. The fourth-order valence-corrected chi connectivity index (χ4v) is 3.97. The first kappa shape index (κ1) is 8.28. The van der Waals surface area contributed by atoms with E-state index in [2.05, 4.69) is 5.32 Å². The molecule has 1 nitrogen and oxygen atoms in total. The second kappa shape index (κ2) is 2.73. The predicted octanol–water partition coefficient (Wildman–Crippen LogP) is 2.85. The monoisotopic (exact) mass is 179 g/mol. The molecule has 3 aliphatic rings. The van der Waals surface area contributed by atoms with E-state index in [9.17, 15) is 0 Å². The van der Waals surface area contributed by atoms with Crippen LogP contribution in [0.3, 0.4) is 0 Å². The summed E-state index contributed by atoms with van der Waals surface area (Å²) in [6.07, 6.45) is 13.5. The van der Waals surface area contributed by atoms with Gasteiger partial charge in [0.1, 0.15) is 0 Å². The molecule has 1 heteroatoms. The first-order chi connectivity index (χ1) is 6.37. The van der Waals surface area contributed by atoms with Gasteiger partial charge < -0.3 is 5.32 Å². The van der Waals surface area contributed by atoms with Crippen LogP contribution in [0.2, 0.25) is 0 Å². The summed E-state index contributed by atoms with van der Waals surface area (Å²) in [7, 11) is 0. The maximum atomic E-state index is 3.83. The average Bonchev–Trinajstić information content (AvgIpc) is 2.94. The Morgan fingerprint density at radius 1 is 0.692 bits per heavy atom. The van der Waals surface area contributed by atoms with Crippen LogP contribution >= 0.6 is 0 Å². The van der Waals surface area contributed by atoms with Crippen molar-refractivity contribution in [2.75, 3.05) is 6.54 Å². The minimum Gasteiger partial charge on any atom is -0.311 e. The Labute approximate surface area is 81.3 Å². The first-order valence-corrected chi connectivity index (χ1v) is 6.12. The predicted molar refractivity (Wildman–Crippen MR) is 54.7 cm³/mol. The van der Waals surface area contributed by atoms with Gasteiger partial charge in [0, 0.05) is 5.54 Å². The Kier molecular flexibility index (Phi) is 1.74. The molecule has 0 amide bonds. The first-order valence-electron chi connectivity index (χ1n) is 6.12. The Balaban J connectivity index is 1.84. The Hall–Kier alpha value is -0.0400. The van der Waals surface area contributed by atoms with Gasteiger partial charge in [-0.1, -0.05) is 19.3 Å². The number of hydrogen-bond donors (Lipinski definition) is 1. The standard InChI is InChI=1S/C12H21N/c1-2-5-11(6-3-1)7-4-10-13-12(11)8-9-12/h13H,1-10H2. The van der Waals surface area contributed by atoms with Gasteiger partial charge in [0.05, 0.1) is 0 Å². The van der Waals surface area contributed by atoms with Crippen molar-refractivity contribution in [2.45, 2.75) is 63.3 Å². The van der Waals surface area contributed by atoms with Crippen molar-refractivity contribution >= 4 is 0 Å². The molecule has 2 aliphatic carbocycles. The fourth-order valence-electron chi connectivity index (χ4n) is 3.97. The highest BCUT2D eigenvalue weighted by molar-refractivity contribution is 5.16. The molecule has 0 atom stereocenters. The van der Waals surface area contributed by atoms with Crippen LogP contribution in [-0.2, 0) is 0 Å². The zero-order valence-electron chi connectivity index (χ0n) is 8.57. The van der Waals surface area contributed by atoms with E-state index < -0.39 is 0 Å². The van der Waals surface area contributed by atoms with Gasteiger partial charge in [-0.25, -0.2) is 0 Å². The van der Waals surface area contributed by atoms with E-state index in [1.54, 1.807) is 0 Å². The van der Waals surface area contributed by atoms with Crippen molar-refractivity contribution in [3.05, 3.63) is 0 Å². The Bertz CT molecular complexity index is 191. The third-order valence-corrected chi connectivity index (χ3v) is 4.87. The number of hydrogen-bond acceptors (Lipinski definition) is 1. The lowest BCUT2D eigenvalue weighted by Gasteiger charge is -2.48. The lowest BCUT2D eigenvalue weighted by atomic mass is 9.63. The van der Waals surface area contributed by atoms with Crippen LogP contribution in [-0.4, -0.2) is 12.1 Å². The lowest BCUT2D eigenvalue weighted by Crippen LogP contribution is -2.52. The summed E-state index contributed by atoms with van der Waals surface area (Å²) < 4.78 is 0. The van der Waals surface area contributed by atoms with Crippen molar-refractivity contribution in [2.24, 2.45) is 5.41 Å². The van der Waals surface area contributed by atoms with Crippen LogP contribution in [0.25, 0.3) is 0 Å². The van der Waals surface area contributed by atoms with Crippen molar-refractivity contribution in [1.29, 1.82) is 0 Å². The zero-order valence-corrected chi connectivity index (χ0v) is 8.57. The van der Waals surface area contributed by atoms with Gasteiger partial charge in [0.25, 0.3) is 0 Å². The van der Waals surface area contributed by atoms with Crippen molar-refractivity contribution in [3.8, 4) is 0 Å². The van der Waals surface area contributed by atoms with Gasteiger partial charge in [-0.15, -0.1) is 0 Å². The quantitative estimate of drug-likeness (QED) is 0.603. The topological polar surface area (TPSA) is 12.0 Å². The Morgan fingerprint density at radius 3 is 2.08 bits per heavy atom. The van der Waals surface area contributed by atoms with Gasteiger partial charge in [-0.05, 0) is 50.5 Å². The molecule has 13 heavy (non-hydrogen) atoms. The maximum absolute atomic E-state index is 3.83. The number of rotatable bonds is 0. The SMILES string of the molecule is C1CCC2(CC1)CCCNC21CC1. The van der Waals surface area contributed by atoms with Gasteiger partial charge in [-0.2, -0.15) is 0 Å². The highest BCUT2D eigenvalue weighted by atomic mass is 15.1. The summed E-state index contributed by atoms with van der Waals surface area (Å²) in [5.74, 6) is 0. The van der Waals surface area contributed by atoms with Gasteiger partial charge in [0.2, 0.25) is 0 Å². The fraction of sp³-hybridized carbons (Fsp3) is 1.00. The van der Waals surface area contributed by atoms with Crippen molar-refractivity contribution in [3.63, 3.8) is 0 Å². The number of piperidine rings is 1. The molecule has 1 aliphatic heterocycles. The van der Waals surface area contributed by atoms with E-state index in [4.69, 9.17) is 0 Å². The molecule has 3 rings (SSSR count). The summed E-state index contributed by atoms with van der Waals surface area (Å²) in [6.45, 7) is 1.29. The van der Waals surface area contributed by atoms with Crippen LogP contribution in [0.5, 0.6) is 0 Å². The van der Waals surface area contributed by atoms with Gasteiger partial charge in [0.15, 0.2) is 0 Å². The van der Waals surface area contributed by atoms with Crippen LogP contribution in [0, 0.1) is 5.41 Å². The molecule has 3 fully saturated rings. The van der Waals surface area contributed by atoms with Gasteiger partial charge >= 0.3 is 0 Å². The van der Waals surface area contributed by atoms with Crippen LogP contribution in [0.15, 0.2) is 0 Å². The molecular formula is C12H21N. The Morgan fingerprint density at radius 2 is 1.38 bits per heavy atom.